The molecule has 0 saturated carbocycles. The first kappa shape index (κ1) is 21.6. The normalized spacial score (nSPS) is 16.8. The first-order valence-corrected chi connectivity index (χ1v) is 12.3. The molecule has 35 heavy (non-hydrogen) atoms. The third-order valence-electron chi connectivity index (χ3n) is 7.93. The molecule has 2 heteroatoms. The molecule has 1 aliphatic rings. The summed E-state index contributed by atoms with van der Waals surface area (Å²) in [6.07, 6.45) is 1.89. The lowest BCUT2D eigenvalue weighted by atomic mass is 9.63. The molecule has 0 spiro atoms. The molecule has 0 aliphatic heterocycles. The average Bonchev–Trinajstić information content (AvgIpc) is 2.88. The van der Waals surface area contributed by atoms with Crippen molar-refractivity contribution in [2.75, 3.05) is 5.73 Å². The van der Waals surface area contributed by atoms with Crippen LogP contribution in [0.3, 0.4) is 0 Å². The Morgan fingerprint density at radius 2 is 1.51 bits per heavy atom. The Bertz CT molecular complexity index is 1600. The summed E-state index contributed by atoms with van der Waals surface area (Å²) in [5.74, 6) is 0.216. The van der Waals surface area contributed by atoms with E-state index < -0.39 is 0 Å². The molecule has 6 rings (SSSR count). The second-order valence-electron chi connectivity index (χ2n) is 10.5. The number of ketones is 1. The predicted octanol–water partition coefficient (Wildman–Crippen LogP) is 7.71. The Hall–Kier alpha value is -3.91. The van der Waals surface area contributed by atoms with Crippen LogP contribution in [0.25, 0.3) is 21.5 Å². The summed E-state index contributed by atoms with van der Waals surface area (Å²) in [6, 6.07) is 33.1. The van der Waals surface area contributed by atoms with E-state index in [-0.39, 0.29) is 17.1 Å². The van der Waals surface area contributed by atoms with Crippen LogP contribution in [0.15, 0.2) is 97.1 Å². The summed E-state index contributed by atoms with van der Waals surface area (Å²) in [5, 5.41) is 5.27. The molecule has 2 N–H and O–H groups in total. The van der Waals surface area contributed by atoms with E-state index >= 15 is 0 Å². The van der Waals surface area contributed by atoms with Gasteiger partial charge in [0.2, 0.25) is 0 Å². The minimum atomic E-state index is -0.0168. The van der Waals surface area contributed by atoms with Crippen molar-refractivity contribution in [1.82, 2.24) is 0 Å². The zero-order chi connectivity index (χ0) is 24.2. The second kappa shape index (κ2) is 8.09. The molecule has 5 aromatic carbocycles. The highest BCUT2D eigenvalue weighted by Gasteiger charge is 2.38. The second-order valence-corrected chi connectivity index (χ2v) is 10.5. The van der Waals surface area contributed by atoms with Crippen LogP contribution in [-0.2, 0) is 12.8 Å². The molecule has 1 atom stereocenters. The summed E-state index contributed by atoms with van der Waals surface area (Å²) in [4.78, 5) is 13.2. The Labute approximate surface area is 206 Å². The lowest BCUT2D eigenvalue weighted by Gasteiger charge is -2.41. The van der Waals surface area contributed by atoms with Crippen molar-refractivity contribution in [3.05, 3.63) is 125 Å². The molecule has 0 amide bonds. The average molecular weight is 456 g/mol. The van der Waals surface area contributed by atoms with Crippen LogP contribution < -0.4 is 5.73 Å². The molecule has 2 nitrogen and oxygen atoms in total. The van der Waals surface area contributed by atoms with Crippen molar-refractivity contribution < 1.29 is 4.79 Å². The molecule has 172 valence electrons. The van der Waals surface area contributed by atoms with Gasteiger partial charge in [-0.1, -0.05) is 105 Å². The van der Waals surface area contributed by atoms with Crippen LogP contribution in [0.5, 0.6) is 0 Å². The number of carbonyl (C=O) groups excluding carboxylic acids is 1. The molecule has 1 unspecified atom stereocenters. The van der Waals surface area contributed by atoms with Crippen molar-refractivity contribution in [3.63, 3.8) is 0 Å². The summed E-state index contributed by atoms with van der Waals surface area (Å²) in [5.41, 5.74) is 12.5. The maximum atomic E-state index is 13.2. The van der Waals surface area contributed by atoms with Crippen molar-refractivity contribution in [3.8, 4) is 0 Å². The Balaban J connectivity index is 1.44. The van der Waals surface area contributed by atoms with E-state index in [2.05, 4.69) is 68.4 Å². The van der Waals surface area contributed by atoms with E-state index in [4.69, 9.17) is 5.73 Å². The lowest BCUT2D eigenvalue weighted by Crippen LogP contribution is -2.32. The van der Waals surface area contributed by atoms with Gasteiger partial charge in [-0.25, -0.2) is 0 Å². The van der Waals surface area contributed by atoms with Crippen molar-refractivity contribution in [2.45, 2.75) is 32.6 Å². The first-order chi connectivity index (χ1) is 16.9. The number of nitrogen functional groups attached to an aromatic ring is 1. The maximum absolute atomic E-state index is 13.2. The summed E-state index contributed by atoms with van der Waals surface area (Å²) < 4.78 is 0. The van der Waals surface area contributed by atoms with Gasteiger partial charge in [0.15, 0.2) is 5.78 Å². The highest BCUT2D eigenvalue weighted by atomic mass is 16.1. The smallest absolute Gasteiger partial charge is 0.195 e. The van der Waals surface area contributed by atoms with Crippen LogP contribution in [0.4, 0.5) is 5.69 Å². The molecule has 0 aromatic heterocycles. The third-order valence-corrected chi connectivity index (χ3v) is 7.93. The van der Waals surface area contributed by atoms with Gasteiger partial charge in [0.1, 0.15) is 0 Å². The quantitative estimate of drug-likeness (QED) is 0.172. The van der Waals surface area contributed by atoms with E-state index in [0.717, 1.165) is 18.4 Å². The Kier molecular flexibility index (Phi) is 5.00. The van der Waals surface area contributed by atoms with Gasteiger partial charge in [0.25, 0.3) is 0 Å². The first-order valence-electron chi connectivity index (χ1n) is 12.3. The molecule has 0 heterocycles. The fourth-order valence-corrected chi connectivity index (χ4v) is 6.03. The number of nitrogens with two attached hydrogens (primary N) is 1. The maximum Gasteiger partial charge on any atom is 0.195 e. The van der Waals surface area contributed by atoms with Crippen LogP contribution in [-0.4, -0.2) is 5.78 Å². The highest BCUT2D eigenvalue weighted by Crippen LogP contribution is 2.49. The summed E-state index contributed by atoms with van der Waals surface area (Å²) in [7, 11) is 0. The predicted molar refractivity (Wildman–Crippen MR) is 146 cm³/mol. The summed E-state index contributed by atoms with van der Waals surface area (Å²) in [6.45, 7) is 4.68. The molecular weight excluding hydrogens is 426 g/mol. The van der Waals surface area contributed by atoms with Gasteiger partial charge >= 0.3 is 0 Å². The van der Waals surface area contributed by atoms with Crippen molar-refractivity contribution >= 4 is 33.0 Å². The minimum Gasteiger partial charge on any atom is -0.398 e. The Morgan fingerprint density at radius 3 is 2.34 bits per heavy atom. The SMILES string of the molecule is CC1(C)Cc2c(ccc3c2ccc2ccccc23)CC1c1cccc(C(=O)c2ccccc2)c1N. The van der Waals surface area contributed by atoms with Crippen LogP contribution in [0.2, 0.25) is 0 Å². The molecule has 0 bridgehead atoms. The van der Waals surface area contributed by atoms with Gasteiger partial charge in [-0.05, 0) is 68.5 Å². The number of carbonyl (C=O) groups is 1. The van der Waals surface area contributed by atoms with Crippen molar-refractivity contribution in [2.24, 2.45) is 5.41 Å². The van der Waals surface area contributed by atoms with E-state index in [9.17, 15) is 4.79 Å². The fraction of sp³-hybridized carbons (Fsp3) is 0.182. The standard InChI is InChI=1S/C33H29NO/c1-33(2)20-29-23(16-18-25-24-12-7-6-9-21(24)15-17-26(25)29)19-30(33)27-13-8-14-28(31(27)34)32(35)22-10-4-3-5-11-22/h3-18,30H,19-20,34H2,1-2H3. The lowest BCUT2D eigenvalue weighted by molar-refractivity contribution is 0.103. The van der Waals surface area contributed by atoms with Gasteiger partial charge in [0, 0.05) is 16.8 Å². The topological polar surface area (TPSA) is 43.1 Å². The number of hydrogen-bond acceptors (Lipinski definition) is 2. The molecule has 0 radical (unpaired) electrons. The number of rotatable bonds is 3. The van der Waals surface area contributed by atoms with Gasteiger partial charge in [-0.15, -0.1) is 0 Å². The molecule has 0 saturated heterocycles. The van der Waals surface area contributed by atoms with E-state index in [1.807, 2.05) is 42.5 Å². The third kappa shape index (κ3) is 3.52. The number of hydrogen-bond donors (Lipinski definition) is 1. The van der Waals surface area contributed by atoms with Crippen LogP contribution >= 0.6 is 0 Å². The monoisotopic (exact) mass is 455 g/mol. The zero-order valence-corrected chi connectivity index (χ0v) is 20.2. The molecule has 5 aromatic rings. The van der Waals surface area contributed by atoms with Gasteiger partial charge < -0.3 is 5.73 Å². The minimum absolute atomic E-state index is 0.00450. The van der Waals surface area contributed by atoms with Crippen LogP contribution in [0, 0.1) is 5.41 Å². The van der Waals surface area contributed by atoms with E-state index in [1.54, 1.807) is 0 Å². The number of benzene rings is 5. The molecular formula is C33H29NO. The molecule has 0 fully saturated rings. The van der Waals surface area contributed by atoms with Crippen molar-refractivity contribution in [1.29, 1.82) is 0 Å². The zero-order valence-electron chi connectivity index (χ0n) is 20.2. The highest BCUT2D eigenvalue weighted by molar-refractivity contribution is 6.12. The number of para-hydroxylation sites is 1. The fourth-order valence-electron chi connectivity index (χ4n) is 6.03. The number of anilines is 1. The number of fused-ring (bicyclic) bond motifs is 5. The van der Waals surface area contributed by atoms with Crippen LogP contribution in [0.1, 0.15) is 52.4 Å². The van der Waals surface area contributed by atoms with Gasteiger partial charge in [-0.2, -0.15) is 0 Å². The van der Waals surface area contributed by atoms with Gasteiger partial charge in [0.05, 0.1) is 0 Å². The largest absolute Gasteiger partial charge is 0.398 e. The summed E-state index contributed by atoms with van der Waals surface area (Å²) >= 11 is 0. The van der Waals surface area contributed by atoms with E-state index in [1.165, 1.54) is 32.7 Å². The van der Waals surface area contributed by atoms with E-state index in [0.29, 0.717) is 16.8 Å². The Morgan fingerprint density at radius 1 is 0.771 bits per heavy atom. The molecule has 1 aliphatic carbocycles. The van der Waals surface area contributed by atoms with Gasteiger partial charge in [-0.3, -0.25) is 4.79 Å².